The third-order valence-corrected chi connectivity index (χ3v) is 4.54. The fraction of sp³-hybridized carbons (Fsp3) is 0.111. The van der Waals surface area contributed by atoms with Crippen molar-refractivity contribution in [2.75, 3.05) is 5.43 Å². The van der Waals surface area contributed by atoms with E-state index in [1.54, 1.807) is 30.5 Å². The van der Waals surface area contributed by atoms with Crippen LogP contribution < -0.4 is 10.2 Å². The van der Waals surface area contributed by atoms with Gasteiger partial charge in [0.05, 0.1) is 16.9 Å². The van der Waals surface area contributed by atoms with E-state index in [4.69, 9.17) is 16.3 Å². The van der Waals surface area contributed by atoms with Crippen LogP contribution in [0, 0.1) is 12.7 Å². The Kier molecular flexibility index (Phi) is 5.63. The number of hydrogen-bond donors (Lipinski definition) is 1. The monoisotopic (exact) mass is 375 g/mol. The minimum absolute atomic E-state index is 0.0733. The summed E-state index contributed by atoms with van der Waals surface area (Å²) in [5.41, 5.74) is 5.08. The Balaban J connectivity index is 1.57. The van der Waals surface area contributed by atoms with Gasteiger partial charge in [0.1, 0.15) is 18.2 Å². The lowest BCUT2D eigenvalue weighted by molar-refractivity contribution is 0.300. The van der Waals surface area contributed by atoms with Gasteiger partial charge in [0.15, 0.2) is 0 Å². The van der Waals surface area contributed by atoms with Gasteiger partial charge >= 0.3 is 0 Å². The first-order chi connectivity index (χ1) is 12.1. The number of aromatic nitrogens is 1. The van der Waals surface area contributed by atoms with Crippen molar-refractivity contribution in [1.82, 2.24) is 4.98 Å². The predicted octanol–water partition coefficient (Wildman–Crippen LogP) is 5.27. The second-order valence-corrected chi connectivity index (χ2v) is 6.49. The normalized spacial score (nSPS) is 11.0. The fourth-order valence-electron chi connectivity index (χ4n) is 2.04. The van der Waals surface area contributed by atoms with Crippen LogP contribution in [0.1, 0.15) is 16.8 Å². The van der Waals surface area contributed by atoms with Crippen LogP contribution in [-0.2, 0) is 6.61 Å². The lowest BCUT2D eigenvalue weighted by atomic mass is 10.2. The molecule has 1 aromatic heterocycles. The lowest BCUT2D eigenvalue weighted by Crippen LogP contribution is -1.99. The number of hydrazone groups is 1. The number of rotatable bonds is 6. The van der Waals surface area contributed by atoms with Gasteiger partial charge in [-0.05, 0) is 48.9 Å². The van der Waals surface area contributed by atoms with Gasteiger partial charge in [0, 0.05) is 10.9 Å². The summed E-state index contributed by atoms with van der Waals surface area (Å²) < 4.78 is 19.3. The zero-order valence-corrected chi connectivity index (χ0v) is 14.9. The van der Waals surface area contributed by atoms with E-state index in [0.717, 1.165) is 16.4 Å². The van der Waals surface area contributed by atoms with E-state index >= 15 is 0 Å². The highest BCUT2D eigenvalue weighted by atomic mass is 35.5. The van der Waals surface area contributed by atoms with Crippen LogP contribution in [0.15, 0.2) is 52.9 Å². The van der Waals surface area contributed by atoms with Gasteiger partial charge < -0.3 is 4.74 Å². The summed E-state index contributed by atoms with van der Waals surface area (Å²) in [4.78, 5) is 4.26. The molecule has 25 heavy (non-hydrogen) atoms. The van der Waals surface area contributed by atoms with Crippen LogP contribution in [0.25, 0.3) is 0 Å². The summed E-state index contributed by atoms with van der Waals surface area (Å²) >= 11 is 7.48. The molecular formula is C18H15ClFN3OS. The van der Waals surface area contributed by atoms with Gasteiger partial charge in [-0.3, -0.25) is 5.43 Å². The summed E-state index contributed by atoms with van der Waals surface area (Å²) in [7, 11) is 0. The van der Waals surface area contributed by atoms with E-state index in [9.17, 15) is 4.39 Å². The van der Waals surface area contributed by atoms with E-state index in [-0.39, 0.29) is 12.4 Å². The number of benzene rings is 2. The van der Waals surface area contributed by atoms with Crippen molar-refractivity contribution in [3.63, 3.8) is 0 Å². The zero-order valence-electron chi connectivity index (χ0n) is 13.4. The van der Waals surface area contributed by atoms with E-state index in [0.29, 0.717) is 16.3 Å². The molecule has 2 aromatic carbocycles. The van der Waals surface area contributed by atoms with Crippen molar-refractivity contribution < 1.29 is 9.13 Å². The summed E-state index contributed by atoms with van der Waals surface area (Å²) in [6.07, 6.45) is 1.69. The first-order valence-electron chi connectivity index (χ1n) is 7.49. The van der Waals surface area contributed by atoms with Crippen LogP contribution >= 0.6 is 22.9 Å². The summed E-state index contributed by atoms with van der Waals surface area (Å²) in [6, 6.07) is 11.9. The number of anilines is 1. The van der Waals surface area contributed by atoms with Gasteiger partial charge in [0.2, 0.25) is 5.13 Å². The van der Waals surface area contributed by atoms with Gasteiger partial charge in [-0.15, -0.1) is 11.3 Å². The minimum Gasteiger partial charge on any atom is -0.489 e. The number of thiazole rings is 1. The Bertz CT molecular complexity index is 860. The fourth-order valence-corrected chi connectivity index (χ4v) is 2.90. The maximum Gasteiger partial charge on any atom is 0.203 e. The van der Waals surface area contributed by atoms with Crippen molar-refractivity contribution >= 4 is 34.3 Å². The van der Waals surface area contributed by atoms with Crippen molar-refractivity contribution in [1.29, 1.82) is 0 Å². The van der Waals surface area contributed by atoms with E-state index in [1.807, 2.05) is 24.4 Å². The molecule has 128 valence electrons. The Morgan fingerprint density at radius 3 is 2.76 bits per heavy atom. The van der Waals surface area contributed by atoms with Crippen LogP contribution in [-0.4, -0.2) is 11.2 Å². The topological polar surface area (TPSA) is 46.5 Å². The molecule has 0 aliphatic carbocycles. The molecule has 0 aliphatic heterocycles. The Labute approximate surface area is 153 Å². The van der Waals surface area contributed by atoms with Crippen molar-refractivity contribution in [3.05, 3.63) is 75.5 Å². The van der Waals surface area contributed by atoms with Gasteiger partial charge in [-0.25, -0.2) is 9.37 Å². The number of nitrogens with one attached hydrogen (secondary N) is 1. The van der Waals surface area contributed by atoms with Crippen molar-refractivity contribution in [2.24, 2.45) is 5.10 Å². The number of aryl methyl sites for hydroxylation is 1. The average Bonchev–Trinajstić information content (AvgIpc) is 3.01. The molecule has 0 amide bonds. The smallest absolute Gasteiger partial charge is 0.203 e. The molecule has 3 aromatic rings. The Hall–Kier alpha value is -2.44. The number of nitrogens with zero attached hydrogens (tertiary/aromatic N) is 2. The van der Waals surface area contributed by atoms with Gasteiger partial charge in [-0.2, -0.15) is 5.10 Å². The molecule has 4 nitrogen and oxygen atoms in total. The quantitative estimate of drug-likeness (QED) is 0.471. The molecule has 0 saturated heterocycles. The van der Waals surface area contributed by atoms with Crippen LogP contribution in [0.4, 0.5) is 9.52 Å². The Morgan fingerprint density at radius 2 is 2.08 bits per heavy atom. The maximum absolute atomic E-state index is 13.7. The highest BCUT2D eigenvalue weighted by Crippen LogP contribution is 2.21. The molecule has 0 saturated carbocycles. The standard InChI is InChI=1S/C18H15ClFN3OS/c1-12-11-25-18(22-12)23-21-9-13-5-7-14(8-6-13)24-10-15-16(19)3-2-4-17(15)20/h2-9,11H,10H2,1H3,(H,22,23)/b21-9-. The second-order valence-electron chi connectivity index (χ2n) is 5.22. The van der Waals surface area contributed by atoms with Crippen molar-refractivity contribution in [3.8, 4) is 5.75 Å². The van der Waals surface area contributed by atoms with E-state index < -0.39 is 0 Å². The number of halogens is 2. The summed E-state index contributed by atoms with van der Waals surface area (Å²) in [6.45, 7) is 2.00. The van der Waals surface area contributed by atoms with E-state index in [1.165, 1.54) is 17.4 Å². The molecule has 1 N–H and O–H groups in total. The van der Waals surface area contributed by atoms with Crippen molar-refractivity contribution in [2.45, 2.75) is 13.5 Å². The molecule has 0 atom stereocenters. The van der Waals surface area contributed by atoms with Gasteiger partial charge in [0.25, 0.3) is 0 Å². The first-order valence-corrected chi connectivity index (χ1v) is 8.74. The zero-order chi connectivity index (χ0) is 17.6. The highest BCUT2D eigenvalue weighted by Gasteiger charge is 2.07. The molecule has 0 aliphatic rings. The maximum atomic E-state index is 13.7. The average molecular weight is 376 g/mol. The Morgan fingerprint density at radius 1 is 1.28 bits per heavy atom. The molecule has 0 radical (unpaired) electrons. The molecule has 7 heteroatoms. The molecule has 0 spiro atoms. The molecule has 1 heterocycles. The first kappa shape index (κ1) is 17.4. The second kappa shape index (κ2) is 8.09. The van der Waals surface area contributed by atoms with Crippen LogP contribution in [0.2, 0.25) is 5.02 Å². The number of ether oxygens (including phenoxy) is 1. The minimum atomic E-state index is -0.375. The molecule has 0 fully saturated rings. The summed E-state index contributed by atoms with van der Waals surface area (Å²) in [5.74, 6) is 0.250. The summed E-state index contributed by atoms with van der Waals surface area (Å²) in [5, 5.41) is 7.19. The van der Waals surface area contributed by atoms with Gasteiger partial charge in [-0.1, -0.05) is 17.7 Å². The van der Waals surface area contributed by atoms with Crippen LogP contribution in [0.5, 0.6) is 5.75 Å². The van der Waals surface area contributed by atoms with Crippen LogP contribution in [0.3, 0.4) is 0 Å². The largest absolute Gasteiger partial charge is 0.489 e. The third-order valence-electron chi connectivity index (χ3n) is 3.32. The molecule has 3 rings (SSSR count). The highest BCUT2D eigenvalue weighted by molar-refractivity contribution is 7.13. The SMILES string of the molecule is Cc1csc(N/N=C\c2ccc(OCc3c(F)cccc3Cl)cc2)n1. The predicted molar refractivity (Wildman–Crippen MR) is 100 cm³/mol. The molecule has 0 unspecified atom stereocenters. The lowest BCUT2D eigenvalue weighted by Gasteiger charge is -2.08. The van der Waals surface area contributed by atoms with E-state index in [2.05, 4.69) is 15.5 Å². The third kappa shape index (κ3) is 4.78. The number of hydrogen-bond acceptors (Lipinski definition) is 5. The molecule has 0 bridgehead atoms. The molecular weight excluding hydrogens is 361 g/mol.